The van der Waals surface area contributed by atoms with Crippen LogP contribution in [0.2, 0.25) is 0 Å². The number of hydrogen-bond donors (Lipinski definition) is 3. The topological polar surface area (TPSA) is 105 Å². The van der Waals surface area contributed by atoms with E-state index in [0.29, 0.717) is 11.3 Å². The van der Waals surface area contributed by atoms with E-state index in [1.165, 1.54) is 14.1 Å². The maximum absolute atomic E-state index is 12.0. The highest BCUT2D eigenvalue weighted by atomic mass is 32.2. The SMILES string of the molecule is Cc1ccc(NN)c(C(=O)NCCS(=O)(=O)N(C)C)c1. The Hall–Kier alpha value is -1.64. The fourth-order valence-corrected chi connectivity index (χ4v) is 2.27. The minimum absolute atomic E-state index is 0.0390. The minimum Gasteiger partial charge on any atom is -0.351 e. The molecule has 0 aliphatic rings. The van der Waals surface area contributed by atoms with Crippen molar-refractivity contribution in [2.75, 3.05) is 31.8 Å². The molecule has 112 valence electrons. The van der Waals surface area contributed by atoms with Gasteiger partial charge in [-0.05, 0) is 19.1 Å². The number of amides is 1. The van der Waals surface area contributed by atoms with Gasteiger partial charge in [0.2, 0.25) is 10.0 Å². The lowest BCUT2D eigenvalue weighted by molar-refractivity contribution is 0.0956. The first-order chi connectivity index (χ1) is 9.27. The fraction of sp³-hybridized carbons (Fsp3) is 0.417. The van der Waals surface area contributed by atoms with Crippen molar-refractivity contribution in [1.29, 1.82) is 0 Å². The third kappa shape index (κ3) is 4.19. The number of nitrogen functional groups attached to an aromatic ring is 1. The number of nitrogens with two attached hydrogens (primary N) is 1. The van der Waals surface area contributed by atoms with Crippen LogP contribution in [0.15, 0.2) is 18.2 Å². The molecule has 1 aromatic carbocycles. The first-order valence-electron chi connectivity index (χ1n) is 6.03. The Morgan fingerprint density at radius 1 is 1.35 bits per heavy atom. The molecule has 0 fully saturated rings. The van der Waals surface area contributed by atoms with Gasteiger partial charge in [0, 0.05) is 20.6 Å². The Morgan fingerprint density at radius 2 is 2.00 bits per heavy atom. The van der Waals surface area contributed by atoms with Crippen LogP contribution < -0.4 is 16.6 Å². The van der Waals surface area contributed by atoms with Crippen molar-refractivity contribution >= 4 is 21.6 Å². The van der Waals surface area contributed by atoms with E-state index in [1.807, 2.05) is 13.0 Å². The third-order valence-corrected chi connectivity index (χ3v) is 4.61. The predicted molar refractivity (Wildman–Crippen MR) is 78.8 cm³/mol. The second-order valence-electron chi connectivity index (χ2n) is 4.55. The summed E-state index contributed by atoms with van der Waals surface area (Å²) >= 11 is 0. The Balaban J connectivity index is 2.71. The molecule has 1 rings (SSSR count). The number of nitrogens with one attached hydrogen (secondary N) is 2. The minimum atomic E-state index is -3.32. The standard InChI is InChI=1S/C12H20N4O3S/c1-9-4-5-11(15-13)10(8-9)12(17)14-6-7-20(18,19)16(2)3/h4-5,8,15H,6-7,13H2,1-3H3,(H,14,17). The van der Waals surface area contributed by atoms with Crippen LogP contribution in [-0.4, -0.2) is 45.0 Å². The smallest absolute Gasteiger partial charge is 0.253 e. The number of benzene rings is 1. The van der Waals surface area contributed by atoms with Crippen LogP contribution in [0.1, 0.15) is 15.9 Å². The Labute approximate surface area is 119 Å². The summed E-state index contributed by atoms with van der Waals surface area (Å²) in [6.45, 7) is 1.89. The third-order valence-electron chi connectivity index (χ3n) is 2.78. The van der Waals surface area contributed by atoms with Crippen molar-refractivity contribution in [3.8, 4) is 0 Å². The van der Waals surface area contributed by atoms with E-state index in [4.69, 9.17) is 5.84 Å². The molecule has 4 N–H and O–H groups in total. The molecule has 0 aromatic heterocycles. The molecule has 0 bridgehead atoms. The summed E-state index contributed by atoms with van der Waals surface area (Å²) < 4.78 is 24.3. The summed E-state index contributed by atoms with van der Waals surface area (Å²) in [5.41, 5.74) is 4.23. The van der Waals surface area contributed by atoms with E-state index in [0.717, 1.165) is 9.87 Å². The van der Waals surface area contributed by atoms with Gasteiger partial charge in [-0.25, -0.2) is 12.7 Å². The number of nitrogens with zero attached hydrogens (tertiary/aromatic N) is 1. The lowest BCUT2D eigenvalue weighted by atomic mass is 10.1. The van der Waals surface area contributed by atoms with E-state index in [-0.39, 0.29) is 18.2 Å². The quantitative estimate of drug-likeness (QED) is 0.503. The first-order valence-corrected chi connectivity index (χ1v) is 7.64. The molecule has 20 heavy (non-hydrogen) atoms. The van der Waals surface area contributed by atoms with Gasteiger partial charge in [0.1, 0.15) is 0 Å². The zero-order valence-electron chi connectivity index (χ0n) is 11.8. The first kappa shape index (κ1) is 16.4. The average Bonchev–Trinajstić information content (AvgIpc) is 2.38. The number of rotatable bonds is 6. The van der Waals surface area contributed by atoms with E-state index >= 15 is 0 Å². The molecule has 0 saturated carbocycles. The molecule has 0 radical (unpaired) electrons. The molecule has 0 spiro atoms. The normalized spacial score (nSPS) is 11.4. The van der Waals surface area contributed by atoms with Gasteiger partial charge >= 0.3 is 0 Å². The van der Waals surface area contributed by atoms with Gasteiger partial charge in [-0.2, -0.15) is 0 Å². The monoisotopic (exact) mass is 300 g/mol. The Kier molecular flexibility index (Phi) is 5.49. The van der Waals surface area contributed by atoms with Crippen molar-refractivity contribution in [2.45, 2.75) is 6.92 Å². The van der Waals surface area contributed by atoms with Gasteiger partial charge in [-0.3, -0.25) is 10.6 Å². The zero-order chi connectivity index (χ0) is 15.3. The Bertz CT molecular complexity index is 584. The van der Waals surface area contributed by atoms with Crippen LogP contribution >= 0.6 is 0 Å². The Morgan fingerprint density at radius 3 is 2.55 bits per heavy atom. The van der Waals surface area contributed by atoms with Crippen LogP contribution in [-0.2, 0) is 10.0 Å². The molecule has 0 saturated heterocycles. The maximum Gasteiger partial charge on any atom is 0.253 e. The van der Waals surface area contributed by atoms with Crippen LogP contribution in [0.4, 0.5) is 5.69 Å². The summed E-state index contributed by atoms with van der Waals surface area (Å²) in [5, 5.41) is 2.57. The largest absolute Gasteiger partial charge is 0.351 e. The maximum atomic E-state index is 12.0. The van der Waals surface area contributed by atoms with Crippen LogP contribution in [0, 0.1) is 6.92 Å². The van der Waals surface area contributed by atoms with E-state index in [9.17, 15) is 13.2 Å². The summed E-state index contributed by atoms with van der Waals surface area (Å²) in [5.74, 6) is 4.83. The van der Waals surface area contributed by atoms with Gasteiger partial charge in [-0.1, -0.05) is 11.6 Å². The molecule has 8 heteroatoms. The second kappa shape index (κ2) is 6.69. The molecule has 1 aromatic rings. The number of hydrazine groups is 1. The van der Waals surface area contributed by atoms with E-state index in [2.05, 4.69) is 10.7 Å². The van der Waals surface area contributed by atoms with Crippen LogP contribution in [0.25, 0.3) is 0 Å². The van der Waals surface area contributed by atoms with Crippen LogP contribution in [0.5, 0.6) is 0 Å². The fourth-order valence-electron chi connectivity index (χ4n) is 1.54. The van der Waals surface area contributed by atoms with Crippen LogP contribution in [0.3, 0.4) is 0 Å². The van der Waals surface area contributed by atoms with Crippen molar-refractivity contribution in [1.82, 2.24) is 9.62 Å². The van der Waals surface area contributed by atoms with Crippen molar-refractivity contribution in [3.63, 3.8) is 0 Å². The number of hydrogen-bond acceptors (Lipinski definition) is 5. The molecular formula is C12H20N4O3S. The number of aryl methyl sites for hydroxylation is 1. The lowest BCUT2D eigenvalue weighted by Crippen LogP contribution is -2.34. The molecule has 0 aliphatic heterocycles. The molecular weight excluding hydrogens is 280 g/mol. The lowest BCUT2D eigenvalue weighted by Gasteiger charge is -2.13. The molecule has 1 amide bonds. The van der Waals surface area contributed by atoms with Crippen molar-refractivity contribution in [3.05, 3.63) is 29.3 Å². The van der Waals surface area contributed by atoms with Gasteiger partial charge in [-0.15, -0.1) is 0 Å². The second-order valence-corrected chi connectivity index (χ2v) is 6.85. The predicted octanol–water partition coefficient (Wildman–Crippen LogP) is -0.0982. The summed E-state index contributed by atoms with van der Waals surface area (Å²) in [7, 11) is -0.417. The molecule has 0 heterocycles. The highest BCUT2D eigenvalue weighted by Gasteiger charge is 2.15. The molecule has 0 unspecified atom stereocenters. The average molecular weight is 300 g/mol. The van der Waals surface area contributed by atoms with Gasteiger partial charge in [0.05, 0.1) is 17.0 Å². The van der Waals surface area contributed by atoms with Gasteiger partial charge < -0.3 is 10.7 Å². The van der Waals surface area contributed by atoms with E-state index in [1.54, 1.807) is 12.1 Å². The van der Waals surface area contributed by atoms with Gasteiger partial charge in [0.25, 0.3) is 5.91 Å². The number of sulfonamides is 1. The number of carbonyl (C=O) groups is 1. The number of anilines is 1. The summed E-state index contributed by atoms with van der Waals surface area (Å²) in [4.78, 5) is 12.0. The zero-order valence-corrected chi connectivity index (χ0v) is 12.6. The van der Waals surface area contributed by atoms with Gasteiger partial charge in [0.15, 0.2) is 0 Å². The highest BCUT2D eigenvalue weighted by molar-refractivity contribution is 7.89. The molecule has 7 nitrogen and oxygen atoms in total. The van der Waals surface area contributed by atoms with E-state index < -0.39 is 10.0 Å². The summed E-state index contributed by atoms with van der Waals surface area (Å²) in [6, 6.07) is 5.20. The molecule has 0 aliphatic carbocycles. The van der Waals surface area contributed by atoms with Crippen molar-refractivity contribution < 1.29 is 13.2 Å². The summed E-state index contributed by atoms with van der Waals surface area (Å²) in [6.07, 6.45) is 0. The molecule has 0 atom stereocenters. The number of carbonyl (C=O) groups excluding carboxylic acids is 1. The highest BCUT2D eigenvalue weighted by Crippen LogP contribution is 2.15. The van der Waals surface area contributed by atoms with Crippen molar-refractivity contribution in [2.24, 2.45) is 5.84 Å².